The molecule has 112 valence electrons. The van der Waals surface area contributed by atoms with Gasteiger partial charge in [-0.2, -0.15) is 4.98 Å². The molecule has 5 heteroatoms. The van der Waals surface area contributed by atoms with E-state index in [2.05, 4.69) is 4.98 Å². The molecule has 1 aliphatic rings. The quantitative estimate of drug-likeness (QED) is 0.742. The van der Waals surface area contributed by atoms with Gasteiger partial charge in [0.2, 0.25) is 0 Å². The molecule has 0 amide bonds. The van der Waals surface area contributed by atoms with Crippen LogP contribution < -0.4 is 10.4 Å². The molecule has 3 aromatic rings. The molecule has 5 nitrogen and oxygen atoms in total. The van der Waals surface area contributed by atoms with Crippen LogP contribution in [0.15, 0.2) is 45.8 Å². The van der Waals surface area contributed by atoms with Crippen molar-refractivity contribution in [2.75, 3.05) is 7.11 Å². The molecule has 22 heavy (non-hydrogen) atoms. The van der Waals surface area contributed by atoms with Crippen molar-refractivity contribution in [1.29, 1.82) is 0 Å². The fraction of sp³-hybridized carbons (Fsp3) is 0.294. The Kier molecular flexibility index (Phi) is 2.99. The largest absolute Gasteiger partial charge is 0.497 e. The van der Waals surface area contributed by atoms with Crippen molar-refractivity contribution in [3.05, 3.63) is 47.1 Å². The van der Waals surface area contributed by atoms with Gasteiger partial charge in [-0.25, -0.2) is 4.79 Å². The molecule has 0 bridgehead atoms. The number of rotatable bonds is 4. The van der Waals surface area contributed by atoms with Crippen LogP contribution in [0.2, 0.25) is 0 Å². The average Bonchev–Trinajstić information content (AvgIpc) is 3.19. The number of hydrogen-bond donors (Lipinski definition) is 0. The minimum absolute atomic E-state index is 0.226. The van der Waals surface area contributed by atoms with Crippen LogP contribution in [0, 0.1) is 5.92 Å². The van der Waals surface area contributed by atoms with Gasteiger partial charge in [0.15, 0.2) is 5.76 Å². The molecular weight excluding hydrogens is 280 g/mol. The lowest BCUT2D eigenvalue weighted by atomic mass is 10.1. The normalized spacial score (nSPS) is 14.4. The molecule has 0 spiro atoms. The molecule has 0 radical (unpaired) electrons. The lowest BCUT2D eigenvalue weighted by molar-refractivity contribution is 0.415. The Labute approximate surface area is 127 Å². The molecule has 0 saturated heterocycles. The number of fused-ring (bicyclic) bond motifs is 1. The molecule has 0 aliphatic heterocycles. The number of benzene rings is 1. The molecule has 2 heterocycles. The van der Waals surface area contributed by atoms with E-state index < -0.39 is 0 Å². The summed E-state index contributed by atoms with van der Waals surface area (Å²) in [6.45, 7) is 0.729. The lowest BCUT2D eigenvalue weighted by Crippen LogP contribution is -2.24. The van der Waals surface area contributed by atoms with Gasteiger partial charge in [-0.15, -0.1) is 0 Å². The Morgan fingerprint density at radius 1 is 1.36 bits per heavy atom. The molecule has 2 aromatic heterocycles. The van der Waals surface area contributed by atoms with Crippen LogP contribution in [0.25, 0.3) is 22.4 Å². The summed E-state index contributed by atoms with van der Waals surface area (Å²) in [5.74, 6) is 1.92. The van der Waals surface area contributed by atoms with Gasteiger partial charge in [0, 0.05) is 11.9 Å². The molecule has 1 fully saturated rings. The van der Waals surface area contributed by atoms with Crippen LogP contribution in [0.4, 0.5) is 0 Å². The third-order valence-corrected chi connectivity index (χ3v) is 4.08. The van der Waals surface area contributed by atoms with Crippen molar-refractivity contribution in [2.24, 2.45) is 5.92 Å². The Morgan fingerprint density at radius 3 is 2.91 bits per heavy atom. The number of hydrogen-bond acceptors (Lipinski definition) is 4. The van der Waals surface area contributed by atoms with E-state index in [1.807, 2.05) is 24.3 Å². The highest BCUT2D eigenvalue weighted by atomic mass is 16.5. The summed E-state index contributed by atoms with van der Waals surface area (Å²) in [4.78, 5) is 16.7. The van der Waals surface area contributed by atoms with Crippen LogP contribution in [0.5, 0.6) is 5.75 Å². The Bertz CT molecular complexity index is 877. The predicted molar refractivity (Wildman–Crippen MR) is 83.0 cm³/mol. The van der Waals surface area contributed by atoms with E-state index in [1.54, 1.807) is 24.0 Å². The van der Waals surface area contributed by atoms with Gasteiger partial charge in [-0.1, -0.05) is 0 Å². The first-order valence-corrected chi connectivity index (χ1v) is 7.39. The van der Waals surface area contributed by atoms with Gasteiger partial charge in [0.1, 0.15) is 11.4 Å². The summed E-state index contributed by atoms with van der Waals surface area (Å²) in [6, 6.07) is 9.30. The van der Waals surface area contributed by atoms with Crippen molar-refractivity contribution in [1.82, 2.24) is 9.55 Å². The van der Waals surface area contributed by atoms with Crippen LogP contribution in [-0.4, -0.2) is 16.7 Å². The minimum Gasteiger partial charge on any atom is -0.497 e. The molecule has 1 aromatic carbocycles. The third kappa shape index (κ3) is 2.19. The van der Waals surface area contributed by atoms with E-state index in [-0.39, 0.29) is 5.69 Å². The van der Waals surface area contributed by atoms with Crippen LogP contribution in [0.3, 0.4) is 0 Å². The zero-order valence-electron chi connectivity index (χ0n) is 12.3. The molecule has 0 atom stereocenters. The summed E-state index contributed by atoms with van der Waals surface area (Å²) >= 11 is 0. The summed E-state index contributed by atoms with van der Waals surface area (Å²) in [5.41, 5.74) is 1.21. The fourth-order valence-corrected chi connectivity index (χ4v) is 2.72. The second-order valence-electron chi connectivity index (χ2n) is 5.66. The molecule has 0 N–H and O–H groups in total. The number of methoxy groups -OCH3 is 1. The van der Waals surface area contributed by atoms with Crippen LogP contribution >= 0.6 is 0 Å². The number of furan rings is 1. The molecule has 0 unspecified atom stereocenters. The first-order chi connectivity index (χ1) is 10.8. The van der Waals surface area contributed by atoms with Crippen molar-refractivity contribution in [2.45, 2.75) is 19.4 Å². The third-order valence-electron chi connectivity index (χ3n) is 4.08. The summed E-state index contributed by atoms with van der Waals surface area (Å²) in [7, 11) is 1.63. The van der Waals surface area contributed by atoms with Gasteiger partial charge in [0.05, 0.1) is 18.9 Å². The zero-order valence-corrected chi connectivity index (χ0v) is 12.3. The maximum Gasteiger partial charge on any atom is 0.348 e. The molecular formula is C17H16N2O3. The predicted octanol–water partition coefficient (Wildman–Crippen LogP) is 3.08. The number of nitrogens with zero attached hydrogens (tertiary/aromatic N) is 2. The zero-order chi connectivity index (χ0) is 15.1. The SMILES string of the molecule is COc1ccc2c(c1)c(-c1ccco1)nc(=O)n2CC1CC1. The Morgan fingerprint density at radius 2 is 2.23 bits per heavy atom. The first-order valence-electron chi connectivity index (χ1n) is 7.39. The highest BCUT2D eigenvalue weighted by Crippen LogP contribution is 2.33. The van der Waals surface area contributed by atoms with Crippen molar-refractivity contribution < 1.29 is 9.15 Å². The van der Waals surface area contributed by atoms with Crippen molar-refractivity contribution in [3.63, 3.8) is 0 Å². The van der Waals surface area contributed by atoms with Gasteiger partial charge < -0.3 is 9.15 Å². The summed E-state index contributed by atoms with van der Waals surface area (Å²) in [5, 5.41) is 0.870. The molecule has 4 rings (SSSR count). The summed E-state index contributed by atoms with van der Waals surface area (Å²) in [6.07, 6.45) is 3.95. The first kappa shape index (κ1) is 13.1. The van der Waals surface area contributed by atoms with E-state index >= 15 is 0 Å². The fourth-order valence-electron chi connectivity index (χ4n) is 2.72. The smallest absolute Gasteiger partial charge is 0.348 e. The van der Waals surface area contributed by atoms with Crippen molar-refractivity contribution in [3.8, 4) is 17.2 Å². The van der Waals surface area contributed by atoms with Gasteiger partial charge in [-0.05, 0) is 49.1 Å². The van der Waals surface area contributed by atoms with E-state index in [1.165, 1.54) is 12.8 Å². The van der Waals surface area contributed by atoms with Gasteiger partial charge >= 0.3 is 5.69 Å². The highest BCUT2D eigenvalue weighted by Gasteiger charge is 2.24. The highest BCUT2D eigenvalue weighted by molar-refractivity contribution is 5.92. The topological polar surface area (TPSA) is 57.3 Å². The molecule has 1 aliphatic carbocycles. The molecule has 1 saturated carbocycles. The van der Waals surface area contributed by atoms with Gasteiger partial charge in [0.25, 0.3) is 0 Å². The minimum atomic E-state index is -0.226. The summed E-state index contributed by atoms with van der Waals surface area (Å²) < 4.78 is 12.5. The van der Waals surface area contributed by atoms with E-state index in [9.17, 15) is 4.79 Å². The lowest BCUT2D eigenvalue weighted by Gasteiger charge is -2.12. The standard InChI is InChI=1S/C17H16N2O3/c1-21-12-6-7-14-13(9-12)16(15-3-2-8-22-15)18-17(20)19(14)10-11-4-5-11/h2-3,6-9,11H,4-5,10H2,1H3. The van der Waals surface area contributed by atoms with E-state index in [0.717, 1.165) is 23.2 Å². The van der Waals surface area contributed by atoms with Gasteiger partial charge in [-0.3, -0.25) is 4.57 Å². The monoisotopic (exact) mass is 296 g/mol. The van der Waals surface area contributed by atoms with Crippen LogP contribution in [0.1, 0.15) is 12.8 Å². The maximum atomic E-state index is 12.4. The number of aromatic nitrogens is 2. The second-order valence-corrected chi connectivity index (χ2v) is 5.66. The van der Waals surface area contributed by atoms with Crippen molar-refractivity contribution >= 4 is 10.9 Å². The van der Waals surface area contributed by atoms with E-state index in [0.29, 0.717) is 17.4 Å². The maximum absolute atomic E-state index is 12.4. The second kappa shape index (κ2) is 5.02. The Balaban J connectivity index is 2.00. The van der Waals surface area contributed by atoms with E-state index in [4.69, 9.17) is 9.15 Å². The average molecular weight is 296 g/mol. The number of ether oxygens (including phenoxy) is 1. The Hall–Kier alpha value is -2.56. The van der Waals surface area contributed by atoms with Crippen LogP contribution in [-0.2, 0) is 6.54 Å².